The molecule has 0 heterocycles. The Labute approximate surface area is 111 Å². The molecule has 106 valence electrons. The molecule has 0 unspecified atom stereocenters. The van der Waals surface area contributed by atoms with Crippen molar-refractivity contribution < 1.29 is 15.1 Å². The maximum absolute atomic E-state index is 10.9. The molecule has 1 aromatic carbocycles. The summed E-state index contributed by atoms with van der Waals surface area (Å²) in [5.41, 5.74) is 1.08. The van der Waals surface area contributed by atoms with Crippen LogP contribution in [0.5, 0.6) is 0 Å². The predicted octanol–water partition coefficient (Wildman–Crippen LogP) is 1.18. The average Bonchev–Trinajstić information content (AvgIpc) is 2.42. The van der Waals surface area contributed by atoms with Crippen LogP contribution in [0.1, 0.15) is 13.3 Å². The molecule has 0 saturated heterocycles. The molecular weight excluding hydrogens is 250 g/mol. The van der Waals surface area contributed by atoms with Gasteiger partial charge in [0.15, 0.2) is 0 Å². The van der Waals surface area contributed by atoms with E-state index < -0.39 is 11.0 Å². The largest absolute Gasteiger partial charge is 0.394 e. The Morgan fingerprint density at radius 3 is 2.42 bits per heavy atom. The Bertz CT molecular complexity index is 421. The maximum Gasteiger partial charge on any atom is 0.273 e. The van der Waals surface area contributed by atoms with Crippen molar-refractivity contribution in [3.05, 3.63) is 28.3 Å². The van der Waals surface area contributed by atoms with Crippen LogP contribution in [0.4, 0.5) is 17.1 Å². The van der Waals surface area contributed by atoms with Gasteiger partial charge in [0, 0.05) is 30.1 Å². The van der Waals surface area contributed by atoms with Crippen LogP contribution in [0, 0.1) is 10.1 Å². The lowest BCUT2D eigenvalue weighted by molar-refractivity contribution is -0.384. The highest BCUT2D eigenvalue weighted by atomic mass is 16.6. The van der Waals surface area contributed by atoms with Gasteiger partial charge >= 0.3 is 0 Å². The van der Waals surface area contributed by atoms with Crippen LogP contribution in [0.3, 0.4) is 0 Å². The zero-order valence-electron chi connectivity index (χ0n) is 10.8. The molecule has 0 spiro atoms. The second-order valence-corrected chi connectivity index (χ2v) is 4.16. The molecule has 0 bridgehead atoms. The molecule has 7 heteroatoms. The summed E-state index contributed by atoms with van der Waals surface area (Å²) in [7, 11) is 0. The minimum Gasteiger partial charge on any atom is -0.394 e. The van der Waals surface area contributed by atoms with E-state index in [1.807, 2.05) is 6.92 Å². The zero-order chi connectivity index (χ0) is 14.3. The van der Waals surface area contributed by atoms with Gasteiger partial charge in [-0.15, -0.1) is 0 Å². The average molecular weight is 269 g/mol. The molecule has 0 amide bonds. The SMILES string of the molecule is CCCNc1cc(NC(CO)CO)cc([N+](=O)[O-])c1. The first-order valence-electron chi connectivity index (χ1n) is 6.12. The summed E-state index contributed by atoms with van der Waals surface area (Å²) in [4.78, 5) is 10.4. The smallest absolute Gasteiger partial charge is 0.273 e. The summed E-state index contributed by atoms with van der Waals surface area (Å²) >= 11 is 0. The highest BCUT2D eigenvalue weighted by Gasteiger charge is 2.12. The molecule has 0 atom stereocenters. The number of non-ortho nitro benzene ring substituents is 1. The Kier molecular flexibility index (Phi) is 6.04. The van der Waals surface area contributed by atoms with Gasteiger partial charge in [-0.3, -0.25) is 10.1 Å². The maximum atomic E-state index is 10.9. The number of hydrogen-bond acceptors (Lipinski definition) is 6. The molecule has 0 saturated carbocycles. The summed E-state index contributed by atoms with van der Waals surface area (Å²) in [5, 5.41) is 34.8. The Balaban J connectivity index is 2.95. The third-order valence-electron chi connectivity index (χ3n) is 2.52. The zero-order valence-corrected chi connectivity index (χ0v) is 10.8. The summed E-state index contributed by atoms with van der Waals surface area (Å²) in [6, 6.07) is 3.99. The number of nitrogens with one attached hydrogen (secondary N) is 2. The number of nitro benzene ring substituents is 1. The third kappa shape index (κ3) is 4.72. The molecule has 0 aliphatic carbocycles. The number of nitro groups is 1. The van der Waals surface area contributed by atoms with E-state index in [0.29, 0.717) is 17.9 Å². The highest BCUT2D eigenvalue weighted by Crippen LogP contribution is 2.24. The van der Waals surface area contributed by atoms with Gasteiger partial charge < -0.3 is 20.8 Å². The Hall–Kier alpha value is -1.86. The molecule has 0 fully saturated rings. The first-order chi connectivity index (χ1) is 9.10. The van der Waals surface area contributed by atoms with Crippen molar-refractivity contribution in [3.63, 3.8) is 0 Å². The lowest BCUT2D eigenvalue weighted by atomic mass is 10.2. The van der Waals surface area contributed by atoms with Gasteiger partial charge in [-0.2, -0.15) is 0 Å². The summed E-state index contributed by atoms with van der Waals surface area (Å²) < 4.78 is 0. The fourth-order valence-corrected chi connectivity index (χ4v) is 1.56. The van der Waals surface area contributed by atoms with E-state index >= 15 is 0 Å². The predicted molar refractivity (Wildman–Crippen MR) is 73.5 cm³/mol. The quantitative estimate of drug-likeness (QED) is 0.417. The van der Waals surface area contributed by atoms with E-state index in [1.54, 1.807) is 6.07 Å². The van der Waals surface area contributed by atoms with Gasteiger partial charge in [-0.1, -0.05) is 6.92 Å². The first-order valence-corrected chi connectivity index (χ1v) is 6.12. The normalized spacial score (nSPS) is 10.5. The number of anilines is 2. The van der Waals surface area contributed by atoms with Crippen LogP contribution in [0.15, 0.2) is 18.2 Å². The number of benzene rings is 1. The minimum atomic E-state index is -0.541. The fraction of sp³-hybridized carbons (Fsp3) is 0.500. The Morgan fingerprint density at radius 1 is 1.26 bits per heavy atom. The second kappa shape index (κ2) is 7.55. The van der Waals surface area contributed by atoms with Crippen LogP contribution in [0.25, 0.3) is 0 Å². The van der Waals surface area contributed by atoms with E-state index in [-0.39, 0.29) is 18.9 Å². The van der Waals surface area contributed by atoms with Gasteiger partial charge in [-0.05, 0) is 12.5 Å². The summed E-state index contributed by atoms with van der Waals surface area (Å²) in [5.74, 6) is 0. The lowest BCUT2D eigenvalue weighted by Crippen LogP contribution is -2.27. The number of aliphatic hydroxyl groups excluding tert-OH is 2. The van der Waals surface area contributed by atoms with Crippen LogP contribution < -0.4 is 10.6 Å². The molecule has 0 aliphatic heterocycles. The van der Waals surface area contributed by atoms with Crippen molar-refractivity contribution in [2.75, 3.05) is 30.4 Å². The van der Waals surface area contributed by atoms with E-state index in [0.717, 1.165) is 6.42 Å². The Morgan fingerprint density at radius 2 is 1.89 bits per heavy atom. The molecule has 0 radical (unpaired) electrons. The number of nitrogens with zero attached hydrogens (tertiary/aromatic N) is 1. The molecular formula is C12H19N3O4. The van der Waals surface area contributed by atoms with Gasteiger partial charge in [0.1, 0.15) is 0 Å². The van der Waals surface area contributed by atoms with Crippen molar-refractivity contribution in [1.82, 2.24) is 0 Å². The van der Waals surface area contributed by atoms with Crippen molar-refractivity contribution >= 4 is 17.1 Å². The highest BCUT2D eigenvalue weighted by molar-refractivity contribution is 5.63. The summed E-state index contributed by atoms with van der Waals surface area (Å²) in [6.07, 6.45) is 0.904. The monoisotopic (exact) mass is 269 g/mol. The second-order valence-electron chi connectivity index (χ2n) is 4.16. The van der Waals surface area contributed by atoms with Crippen LogP contribution in [-0.4, -0.2) is 40.9 Å². The van der Waals surface area contributed by atoms with E-state index in [1.165, 1.54) is 12.1 Å². The van der Waals surface area contributed by atoms with Crippen LogP contribution in [-0.2, 0) is 0 Å². The van der Waals surface area contributed by atoms with Gasteiger partial charge in [0.2, 0.25) is 0 Å². The fourth-order valence-electron chi connectivity index (χ4n) is 1.56. The molecule has 1 rings (SSSR count). The molecule has 1 aromatic rings. The van der Waals surface area contributed by atoms with E-state index in [4.69, 9.17) is 10.2 Å². The third-order valence-corrected chi connectivity index (χ3v) is 2.52. The van der Waals surface area contributed by atoms with Gasteiger partial charge in [0.05, 0.1) is 24.2 Å². The standard InChI is InChI=1S/C12H19N3O4/c1-2-3-13-9-4-10(14-11(7-16)8-17)6-12(5-9)15(18)19/h4-6,11,13-14,16-17H,2-3,7-8H2,1H3. The molecule has 0 aromatic heterocycles. The summed E-state index contributed by atoms with van der Waals surface area (Å²) in [6.45, 7) is 2.20. The van der Waals surface area contributed by atoms with E-state index in [9.17, 15) is 10.1 Å². The molecule has 0 aliphatic rings. The molecule has 7 nitrogen and oxygen atoms in total. The minimum absolute atomic E-state index is 0.0433. The van der Waals surface area contributed by atoms with Crippen molar-refractivity contribution in [1.29, 1.82) is 0 Å². The molecule has 19 heavy (non-hydrogen) atoms. The number of rotatable bonds is 8. The molecule has 4 N–H and O–H groups in total. The van der Waals surface area contributed by atoms with Crippen LogP contribution in [0.2, 0.25) is 0 Å². The lowest BCUT2D eigenvalue weighted by Gasteiger charge is -2.16. The topological polar surface area (TPSA) is 108 Å². The number of hydrogen-bond donors (Lipinski definition) is 4. The van der Waals surface area contributed by atoms with Crippen molar-refractivity contribution in [3.8, 4) is 0 Å². The number of aliphatic hydroxyl groups is 2. The van der Waals surface area contributed by atoms with E-state index in [2.05, 4.69) is 10.6 Å². The van der Waals surface area contributed by atoms with Crippen LogP contribution >= 0.6 is 0 Å². The van der Waals surface area contributed by atoms with Gasteiger partial charge in [0.25, 0.3) is 5.69 Å². The first kappa shape index (κ1) is 15.2. The van der Waals surface area contributed by atoms with Gasteiger partial charge in [-0.25, -0.2) is 0 Å². The van der Waals surface area contributed by atoms with Crippen molar-refractivity contribution in [2.24, 2.45) is 0 Å². The van der Waals surface area contributed by atoms with Crippen molar-refractivity contribution in [2.45, 2.75) is 19.4 Å².